The molecule has 7 heteroatoms. The molecule has 2 unspecified atom stereocenters. The Morgan fingerprint density at radius 2 is 1.68 bits per heavy atom. The third-order valence-corrected chi connectivity index (χ3v) is 7.53. The average Bonchev–Trinajstić information content (AvgIpc) is 3.42. The standard InChI is InChI=1S/C27H21N5O2/c1-26(18-5-2-3-7-20(18)30-24(26)33)32-22-9-8-15-11-16-13-27(14-17(16)12-21(15)29-22)19-6-4-10-28-23(19)31-25(27)34/h2-12H,13-14H2,1H3,(H,29,32)(H,30,33)(H,28,31,34). The summed E-state index contributed by atoms with van der Waals surface area (Å²) < 4.78 is 0. The molecule has 7 nitrogen and oxygen atoms in total. The molecule has 0 saturated heterocycles. The topological polar surface area (TPSA) is 96.0 Å². The van der Waals surface area contributed by atoms with E-state index in [1.54, 1.807) is 6.20 Å². The Labute approximate surface area is 195 Å². The van der Waals surface area contributed by atoms with Crippen molar-refractivity contribution in [3.05, 3.63) is 89.1 Å². The fourth-order valence-corrected chi connectivity index (χ4v) is 5.74. The predicted octanol–water partition coefficient (Wildman–Crippen LogP) is 3.90. The summed E-state index contributed by atoms with van der Waals surface area (Å²) in [5, 5.41) is 10.3. The molecule has 3 N–H and O–H groups in total. The molecule has 3 aliphatic rings. The zero-order valence-corrected chi connectivity index (χ0v) is 18.5. The lowest BCUT2D eigenvalue weighted by molar-refractivity contribution is -0.120. The molecule has 0 fully saturated rings. The number of carbonyl (C=O) groups excluding carboxylic acids is 2. The summed E-state index contributed by atoms with van der Waals surface area (Å²) in [5.41, 5.74) is 4.29. The molecule has 2 aliphatic heterocycles. The summed E-state index contributed by atoms with van der Waals surface area (Å²) >= 11 is 0. The molecule has 166 valence electrons. The summed E-state index contributed by atoms with van der Waals surface area (Å²) in [6.45, 7) is 1.87. The summed E-state index contributed by atoms with van der Waals surface area (Å²) in [6, 6.07) is 19.7. The maximum absolute atomic E-state index is 13.0. The minimum atomic E-state index is -0.906. The molecular formula is C27H21N5O2. The number of fused-ring (bicyclic) bond motifs is 5. The van der Waals surface area contributed by atoms with Crippen LogP contribution in [-0.2, 0) is 33.4 Å². The first-order chi connectivity index (χ1) is 16.5. The third kappa shape index (κ3) is 2.46. The lowest BCUT2D eigenvalue weighted by Crippen LogP contribution is -2.39. The Hall–Kier alpha value is -4.26. The number of hydrogen-bond donors (Lipinski definition) is 3. The van der Waals surface area contributed by atoms with Crippen molar-refractivity contribution in [1.29, 1.82) is 0 Å². The summed E-state index contributed by atoms with van der Waals surface area (Å²) in [6.07, 6.45) is 2.98. The van der Waals surface area contributed by atoms with Crippen LogP contribution in [0.1, 0.15) is 29.2 Å². The molecular weight excluding hydrogens is 426 g/mol. The van der Waals surface area contributed by atoms with E-state index in [2.05, 4.69) is 33.1 Å². The quantitative estimate of drug-likeness (QED) is 0.433. The van der Waals surface area contributed by atoms with E-state index >= 15 is 0 Å². The summed E-state index contributed by atoms with van der Waals surface area (Å²) in [7, 11) is 0. The molecule has 2 atom stereocenters. The second-order valence-corrected chi connectivity index (χ2v) is 9.55. The number of benzene rings is 2. The second-order valence-electron chi connectivity index (χ2n) is 9.55. The van der Waals surface area contributed by atoms with Crippen LogP contribution < -0.4 is 16.0 Å². The van der Waals surface area contributed by atoms with Gasteiger partial charge >= 0.3 is 0 Å². The fourth-order valence-electron chi connectivity index (χ4n) is 5.74. The minimum Gasteiger partial charge on any atom is -0.352 e. The number of hydrogen-bond acceptors (Lipinski definition) is 5. The third-order valence-electron chi connectivity index (χ3n) is 7.53. The molecule has 1 spiro atoms. The molecule has 1 aliphatic carbocycles. The first-order valence-electron chi connectivity index (χ1n) is 11.3. The van der Waals surface area contributed by atoms with Gasteiger partial charge in [-0.2, -0.15) is 0 Å². The maximum atomic E-state index is 13.0. The van der Waals surface area contributed by atoms with Crippen molar-refractivity contribution in [2.24, 2.45) is 0 Å². The number of pyridine rings is 2. The van der Waals surface area contributed by atoms with Gasteiger partial charge < -0.3 is 16.0 Å². The van der Waals surface area contributed by atoms with Gasteiger partial charge in [-0.3, -0.25) is 9.59 Å². The number of rotatable bonds is 2. The maximum Gasteiger partial charge on any atom is 0.254 e. The van der Waals surface area contributed by atoms with Gasteiger partial charge in [0.25, 0.3) is 5.91 Å². The molecule has 0 bridgehead atoms. The van der Waals surface area contributed by atoms with Crippen molar-refractivity contribution in [2.45, 2.75) is 30.7 Å². The predicted molar refractivity (Wildman–Crippen MR) is 130 cm³/mol. The Morgan fingerprint density at radius 1 is 0.882 bits per heavy atom. The number of amides is 2. The highest BCUT2D eigenvalue weighted by Gasteiger charge is 2.51. The smallest absolute Gasteiger partial charge is 0.254 e. The Balaban J connectivity index is 1.26. The molecule has 0 radical (unpaired) electrons. The van der Waals surface area contributed by atoms with E-state index in [0.29, 0.717) is 24.5 Å². The van der Waals surface area contributed by atoms with Gasteiger partial charge in [-0.15, -0.1) is 0 Å². The zero-order chi connectivity index (χ0) is 23.1. The van der Waals surface area contributed by atoms with E-state index in [4.69, 9.17) is 4.98 Å². The lowest BCUT2D eigenvalue weighted by Gasteiger charge is -2.24. The lowest BCUT2D eigenvalue weighted by atomic mass is 9.79. The fraction of sp³-hybridized carbons (Fsp3) is 0.185. The van der Waals surface area contributed by atoms with Gasteiger partial charge in [0.05, 0.1) is 10.9 Å². The molecule has 0 saturated carbocycles. The number of nitrogens with zero attached hydrogens (tertiary/aromatic N) is 2. The van der Waals surface area contributed by atoms with Crippen LogP contribution in [-0.4, -0.2) is 21.8 Å². The number of carbonyl (C=O) groups is 2. The SMILES string of the molecule is CC1(Nc2ccc3cc4c(cc3n2)CC2(C4)C(=O)Nc3ncccc32)C(=O)Nc2ccccc21. The summed E-state index contributed by atoms with van der Waals surface area (Å²) in [4.78, 5) is 35.0. The number of aromatic nitrogens is 2. The molecule has 4 heterocycles. The Morgan fingerprint density at radius 3 is 2.56 bits per heavy atom. The van der Waals surface area contributed by atoms with E-state index in [0.717, 1.165) is 38.8 Å². The van der Waals surface area contributed by atoms with Crippen molar-refractivity contribution in [3.63, 3.8) is 0 Å². The van der Waals surface area contributed by atoms with Crippen LogP contribution in [0.2, 0.25) is 0 Å². The van der Waals surface area contributed by atoms with Crippen LogP contribution in [0.4, 0.5) is 17.3 Å². The minimum absolute atomic E-state index is 0.00982. The van der Waals surface area contributed by atoms with Gasteiger partial charge in [-0.05, 0) is 67.3 Å². The Kier molecular flexibility index (Phi) is 3.63. The van der Waals surface area contributed by atoms with Crippen molar-refractivity contribution in [2.75, 3.05) is 16.0 Å². The monoisotopic (exact) mass is 447 g/mol. The van der Waals surface area contributed by atoms with Gasteiger partial charge in [-0.25, -0.2) is 9.97 Å². The van der Waals surface area contributed by atoms with E-state index in [1.807, 2.05) is 55.5 Å². The van der Waals surface area contributed by atoms with Gasteiger partial charge in [0.15, 0.2) is 0 Å². The van der Waals surface area contributed by atoms with Crippen LogP contribution in [0.15, 0.2) is 66.9 Å². The normalized spacial score (nSPS) is 24.0. The van der Waals surface area contributed by atoms with E-state index in [1.165, 1.54) is 0 Å². The van der Waals surface area contributed by atoms with Crippen LogP contribution >= 0.6 is 0 Å². The second kappa shape index (κ2) is 6.41. The van der Waals surface area contributed by atoms with E-state index < -0.39 is 11.0 Å². The zero-order valence-electron chi connectivity index (χ0n) is 18.5. The molecule has 4 aromatic rings. The van der Waals surface area contributed by atoms with Crippen LogP contribution in [0.5, 0.6) is 0 Å². The van der Waals surface area contributed by atoms with Gasteiger partial charge in [-0.1, -0.05) is 24.3 Å². The molecule has 2 aromatic carbocycles. The first kappa shape index (κ1) is 19.2. The van der Waals surface area contributed by atoms with Gasteiger partial charge in [0.1, 0.15) is 17.2 Å². The molecule has 34 heavy (non-hydrogen) atoms. The van der Waals surface area contributed by atoms with Gasteiger partial charge in [0, 0.05) is 28.4 Å². The van der Waals surface area contributed by atoms with Crippen LogP contribution in [0.25, 0.3) is 10.9 Å². The highest BCUT2D eigenvalue weighted by Crippen LogP contribution is 2.47. The van der Waals surface area contributed by atoms with Crippen LogP contribution in [0, 0.1) is 0 Å². The molecule has 7 rings (SSSR count). The highest BCUT2D eigenvalue weighted by atomic mass is 16.2. The molecule has 2 amide bonds. The molecule has 2 aromatic heterocycles. The summed E-state index contributed by atoms with van der Waals surface area (Å²) in [5.74, 6) is 1.20. The van der Waals surface area contributed by atoms with Crippen LogP contribution in [0.3, 0.4) is 0 Å². The average molecular weight is 447 g/mol. The number of anilines is 3. The largest absolute Gasteiger partial charge is 0.352 e. The van der Waals surface area contributed by atoms with Crippen molar-refractivity contribution in [3.8, 4) is 0 Å². The van der Waals surface area contributed by atoms with Crippen molar-refractivity contribution < 1.29 is 9.59 Å². The first-order valence-corrected chi connectivity index (χ1v) is 11.3. The van der Waals surface area contributed by atoms with Crippen molar-refractivity contribution in [1.82, 2.24) is 9.97 Å². The number of nitrogens with one attached hydrogen (secondary N) is 3. The van der Waals surface area contributed by atoms with E-state index in [-0.39, 0.29) is 11.8 Å². The van der Waals surface area contributed by atoms with Crippen molar-refractivity contribution >= 4 is 40.0 Å². The highest BCUT2D eigenvalue weighted by molar-refractivity contribution is 6.08. The Bertz CT molecular complexity index is 1560. The van der Waals surface area contributed by atoms with E-state index in [9.17, 15) is 9.59 Å². The van der Waals surface area contributed by atoms with Gasteiger partial charge in [0.2, 0.25) is 5.91 Å². The number of para-hydroxylation sites is 1.